The van der Waals surface area contributed by atoms with Gasteiger partial charge in [-0.2, -0.15) is 0 Å². The van der Waals surface area contributed by atoms with Crippen molar-refractivity contribution in [2.24, 2.45) is 0 Å². The van der Waals surface area contributed by atoms with Gasteiger partial charge in [0.25, 0.3) is 0 Å². The Morgan fingerprint density at radius 1 is 1.53 bits per heavy atom. The van der Waals surface area contributed by atoms with Crippen molar-refractivity contribution >= 4 is 39.1 Å². The number of carbonyl (C=O) groups is 1. The third-order valence-corrected chi connectivity index (χ3v) is 3.18. The van der Waals surface area contributed by atoms with E-state index < -0.39 is 5.97 Å². The Balaban J connectivity index is 2.76. The minimum atomic E-state index is -1.06. The van der Waals surface area contributed by atoms with Crippen molar-refractivity contribution in [1.82, 2.24) is 4.57 Å². The van der Waals surface area contributed by atoms with E-state index in [2.05, 4.69) is 0 Å². The molecule has 0 spiro atoms. The maximum Gasteiger partial charge on any atom is 0.323 e. The zero-order valence-corrected chi connectivity index (χ0v) is 9.01. The van der Waals surface area contributed by atoms with E-state index in [9.17, 15) is 9.59 Å². The van der Waals surface area contributed by atoms with E-state index in [-0.39, 0.29) is 11.4 Å². The van der Waals surface area contributed by atoms with Crippen LogP contribution >= 0.6 is 22.9 Å². The van der Waals surface area contributed by atoms with Crippen LogP contribution in [0.3, 0.4) is 0 Å². The van der Waals surface area contributed by atoms with Gasteiger partial charge in [-0.25, -0.2) is 0 Å². The standard InChI is InChI=1S/C9H6ClNO3S/c10-5-2-1-3-6-8(5)11(4-7(12)13)9(14)15-6/h1-3H,4H2,(H,12,13). The molecule has 0 amide bonds. The summed E-state index contributed by atoms with van der Waals surface area (Å²) in [6.45, 7) is -0.359. The van der Waals surface area contributed by atoms with Crippen molar-refractivity contribution < 1.29 is 9.90 Å². The number of halogens is 1. The summed E-state index contributed by atoms with van der Waals surface area (Å²) in [5.41, 5.74) is 0.497. The number of benzene rings is 1. The zero-order valence-electron chi connectivity index (χ0n) is 7.44. The van der Waals surface area contributed by atoms with Crippen LogP contribution < -0.4 is 4.87 Å². The summed E-state index contributed by atoms with van der Waals surface area (Å²) in [5, 5.41) is 9.06. The van der Waals surface area contributed by atoms with Gasteiger partial charge >= 0.3 is 10.8 Å². The molecule has 15 heavy (non-hydrogen) atoms. The van der Waals surface area contributed by atoms with Gasteiger partial charge in [-0.3, -0.25) is 14.2 Å². The maximum atomic E-state index is 11.5. The van der Waals surface area contributed by atoms with E-state index in [1.807, 2.05) is 0 Å². The van der Waals surface area contributed by atoms with Crippen LogP contribution in [-0.2, 0) is 11.3 Å². The van der Waals surface area contributed by atoms with E-state index in [1.165, 1.54) is 4.57 Å². The van der Waals surface area contributed by atoms with Crippen molar-refractivity contribution in [2.45, 2.75) is 6.54 Å². The number of rotatable bonds is 2. The van der Waals surface area contributed by atoms with Gasteiger partial charge in [0.2, 0.25) is 0 Å². The van der Waals surface area contributed by atoms with E-state index in [1.54, 1.807) is 18.2 Å². The number of thiazole rings is 1. The predicted octanol–water partition coefficient (Wildman–Crippen LogP) is 1.80. The van der Waals surface area contributed by atoms with E-state index in [0.29, 0.717) is 15.2 Å². The summed E-state index contributed by atoms with van der Waals surface area (Å²) < 4.78 is 1.87. The number of aromatic nitrogens is 1. The molecule has 4 nitrogen and oxygen atoms in total. The molecule has 0 atom stereocenters. The molecule has 0 aliphatic heterocycles. The molecule has 0 saturated heterocycles. The molecule has 0 saturated carbocycles. The lowest BCUT2D eigenvalue weighted by Crippen LogP contribution is -2.18. The van der Waals surface area contributed by atoms with Gasteiger partial charge in [0.15, 0.2) is 0 Å². The minimum absolute atomic E-state index is 0.305. The zero-order chi connectivity index (χ0) is 11.0. The second-order valence-electron chi connectivity index (χ2n) is 2.93. The van der Waals surface area contributed by atoms with Gasteiger partial charge < -0.3 is 5.11 Å². The fourth-order valence-corrected chi connectivity index (χ4v) is 2.61. The molecule has 1 aromatic carbocycles. The van der Waals surface area contributed by atoms with Crippen LogP contribution in [0, 0.1) is 0 Å². The van der Waals surface area contributed by atoms with Gasteiger partial charge in [0.05, 0.1) is 15.2 Å². The van der Waals surface area contributed by atoms with Crippen molar-refractivity contribution in [3.05, 3.63) is 32.9 Å². The minimum Gasteiger partial charge on any atom is -0.480 e. The summed E-state index contributed by atoms with van der Waals surface area (Å²) >= 11 is 6.91. The average Bonchev–Trinajstić information content (AvgIpc) is 2.43. The highest BCUT2D eigenvalue weighted by atomic mass is 35.5. The third-order valence-electron chi connectivity index (χ3n) is 1.93. The number of hydrogen-bond donors (Lipinski definition) is 1. The highest BCUT2D eigenvalue weighted by Crippen LogP contribution is 2.24. The summed E-state index contributed by atoms with van der Waals surface area (Å²) in [6, 6.07) is 5.10. The van der Waals surface area contributed by atoms with Crippen molar-refractivity contribution in [1.29, 1.82) is 0 Å². The lowest BCUT2D eigenvalue weighted by molar-refractivity contribution is -0.137. The summed E-state index contributed by atoms with van der Waals surface area (Å²) in [4.78, 5) is 21.8. The molecular weight excluding hydrogens is 238 g/mol. The number of hydrogen-bond acceptors (Lipinski definition) is 3. The lowest BCUT2D eigenvalue weighted by atomic mass is 10.3. The smallest absolute Gasteiger partial charge is 0.323 e. The van der Waals surface area contributed by atoms with Crippen LogP contribution in [0.25, 0.3) is 10.2 Å². The quantitative estimate of drug-likeness (QED) is 0.875. The first-order valence-corrected chi connectivity index (χ1v) is 5.28. The number of carboxylic acid groups (broad SMARTS) is 1. The Labute approximate surface area is 93.3 Å². The first kappa shape index (κ1) is 10.2. The van der Waals surface area contributed by atoms with Crippen LogP contribution in [0.15, 0.2) is 23.0 Å². The van der Waals surface area contributed by atoms with Crippen molar-refractivity contribution in [2.75, 3.05) is 0 Å². The monoisotopic (exact) mass is 243 g/mol. The molecule has 1 aromatic heterocycles. The molecule has 0 fully saturated rings. The lowest BCUT2D eigenvalue weighted by Gasteiger charge is -2.00. The number of para-hydroxylation sites is 1. The Kier molecular flexibility index (Phi) is 2.50. The molecule has 0 aliphatic carbocycles. The Morgan fingerprint density at radius 3 is 2.93 bits per heavy atom. The highest BCUT2D eigenvalue weighted by molar-refractivity contribution is 7.16. The highest BCUT2D eigenvalue weighted by Gasteiger charge is 2.12. The topological polar surface area (TPSA) is 59.3 Å². The van der Waals surface area contributed by atoms with E-state index >= 15 is 0 Å². The number of carboxylic acids is 1. The molecule has 2 rings (SSSR count). The number of nitrogens with zero attached hydrogens (tertiary/aromatic N) is 1. The number of fused-ring (bicyclic) bond motifs is 1. The normalized spacial score (nSPS) is 10.7. The van der Waals surface area contributed by atoms with Crippen LogP contribution in [0.5, 0.6) is 0 Å². The van der Waals surface area contributed by atoms with E-state index in [4.69, 9.17) is 16.7 Å². The van der Waals surface area contributed by atoms with Crippen molar-refractivity contribution in [3.8, 4) is 0 Å². The first-order chi connectivity index (χ1) is 7.09. The maximum absolute atomic E-state index is 11.5. The molecule has 0 radical (unpaired) electrons. The molecular formula is C9H6ClNO3S. The van der Waals surface area contributed by atoms with Crippen LogP contribution in [-0.4, -0.2) is 15.6 Å². The van der Waals surface area contributed by atoms with E-state index in [0.717, 1.165) is 11.3 Å². The summed E-state index contributed by atoms with van der Waals surface area (Å²) in [7, 11) is 0. The Morgan fingerprint density at radius 2 is 2.27 bits per heavy atom. The summed E-state index contributed by atoms with van der Waals surface area (Å²) in [6.07, 6.45) is 0. The molecule has 1 N–H and O–H groups in total. The fraction of sp³-hybridized carbons (Fsp3) is 0.111. The van der Waals surface area contributed by atoms with Gasteiger partial charge in [-0.15, -0.1) is 0 Å². The van der Waals surface area contributed by atoms with Gasteiger partial charge in [0, 0.05) is 0 Å². The molecule has 2 aromatic rings. The molecule has 1 heterocycles. The summed E-state index contributed by atoms with van der Waals surface area (Å²) in [5.74, 6) is -1.06. The van der Waals surface area contributed by atoms with Crippen LogP contribution in [0.1, 0.15) is 0 Å². The number of aliphatic carboxylic acids is 1. The van der Waals surface area contributed by atoms with Crippen LogP contribution in [0.2, 0.25) is 5.02 Å². The molecule has 0 bridgehead atoms. The van der Waals surface area contributed by atoms with Crippen LogP contribution in [0.4, 0.5) is 0 Å². The SMILES string of the molecule is O=C(O)Cn1c(=O)sc2cccc(Cl)c21. The molecule has 78 valence electrons. The van der Waals surface area contributed by atoms with Gasteiger partial charge in [-0.05, 0) is 12.1 Å². The predicted molar refractivity (Wildman–Crippen MR) is 58.7 cm³/mol. The van der Waals surface area contributed by atoms with Crippen molar-refractivity contribution in [3.63, 3.8) is 0 Å². The Hall–Kier alpha value is -1.33. The second-order valence-corrected chi connectivity index (χ2v) is 4.33. The Bertz CT molecular complexity index is 587. The van der Waals surface area contributed by atoms with Gasteiger partial charge in [-0.1, -0.05) is 29.0 Å². The average molecular weight is 244 g/mol. The fourth-order valence-electron chi connectivity index (χ4n) is 1.36. The third kappa shape index (κ3) is 1.75. The second kappa shape index (κ2) is 3.67. The molecule has 0 unspecified atom stereocenters. The largest absolute Gasteiger partial charge is 0.480 e. The first-order valence-electron chi connectivity index (χ1n) is 4.09. The molecule has 0 aliphatic rings. The van der Waals surface area contributed by atoms with Gasteiger partial charge in [0.1, 0.15) is 6.54 Å². The molecule has 6 heteroatoms.